The van der Waals surface area contributed by atoms with Crippen molar-refractivity contribution >= 4 is 10.0 Å². The standard InChI is InChI=1S/C17H23N3O3S/c1-12-19-15(10-23-12)13-4-6-14(7-5-13)24(21,22)20-9-8-16(18)17(2,3)11-20/h4-7,10,16H,8-9,11,18H2,1-3H3. The maximum Gasteiger partial charge on any atom is 0.243 e. The van der Waals surface area contributed by atoms with Crippen molar-refractivity contribution in [2.24, 2.45) is 11.1 Å². The van der Waals surface area contributed by atoms with Crippen LogP contribution in [0.3, 0.4) is 0 Å². The van der Waals surface area contributed by atoms with Gasteiger partial charge in [-0.1, -0.05) is 26.0 Å². The second kappa shape index (κ2) is 5.98. The summed E-state index contributed by atoms with van der Waals surface area (Å²) in [5.41, 5.74) is 7.39. The Labute approximate surface area is 142 Å². The third-order valence-corrected chi connectivity index (χ3v) is 6.54. The van der Waals surface area contributed by atoms with E-state index in [1.165, 1.54) is 4.31 Å². The van der Waals surface area contributed by atoms with Gasteiger partial charge in [-0.25, -0.2) is 13.4 Å². The van der Waals surface area contributed by atoms with E-state index in [1.54, 1.807) is 37.5 Å². The van der Waals surface area contributed by atoms with Crippen LogP contribution in [-0.2, 0) is 10.0 Å². The van der Waals surface area contributed by atoms with E-state index in [4.69, 9.17) is 10.2 Å². The molecule has 1 saturated heterocycles. The van der Waals surface area contributed by atoms with Crippen LogP contribution in [0.1, 0.15) is 26.2 Å². The first-order valence-electron chi connectivity index (χ1n) is 7.98. The van der Waals surface area contributed by atoms with E-state index in [9.17, 15) is 8.42 Å². The summed E-state index contributed by atoms with van der Waals surface area (Å²) >= 11 is 0. The average molecular weight is 349 g/mol. The third kappa shape index (κ3) is 3.11. The first-order valence-corrected chi connectivity index (χ1v) is 9.42. The Morgan fingerprint density at radius 2 is 1.96 bits per heavy atom. The predicted octanol–water partition coefficient (Wildman–Crippen LogP) is 2.40. The first-order chi connectivity index (χ1) is 11.2. The molecule has 1 unspecified atom stereocenters. The minimum atomic E-state index is -3.52. The first kappa shape index (κ1) is 17.1. The Hall–Kier alpha value is -1.70. The highest BCUT2D eigenvalue weighted by atomic mass is 32.2. The zero-order valence-electron chi connectivity index (χ0n) is 14.2. The van der Waals surface area contributed by atoms with Gasteiger partial charge in [0.2, 0.25) is 10.0 Å². The van der Waals surface area contributed by atoms with E-state index in [1.807, 2.05) is 13.8 Å². The highest BCUT2D eigenvalue weighted by molar-refractivity contribution is 7.89. The van der Waals surface area contributed by atoms with Crippen LogP contribution in [0.25, 0.3) is 11.3 Å². The van der Waals surface area contributed by atoms with Crippen LogP contribution >= 0.6 is 0 Å². The number of nitrogens with zero attached hydrogens (tertiary/aromatic N) is 2. The van der Waals surface area contributed by atoms with Gasteiger partial charge in [0.1, 0.15) is 12.0 Å². The molecule has 1 aliphatic rings. The van der Waals surface area contributed by atoms with Gasteiger partial charge < -0.3 is 10.2 Å². The number of hydrogen-bond acceptors (Lipinski definition) is 5. The van der Waals surface area contributed by atoms with Gasteiger partial charge in [-0.2, -0.15) is 4.31 Å². The molecule has 1 aromatic heterocycles. The number of sulfonamides is 1. The highest BCUT2D eigenvalue weighted by Gasteiger charge is 2.38. The largest absolute Gasteiger partial charge is 0.449 e. The van der Waals surface area contributed by atoms with Crippen LogP contribution in [0.5, 0.6) is 0 Å². The fraction of sp³-hybridized carbons (Fsp3) is 0.471. The second-order valence-corrected chi connectivity index (χ2v) is 8.94. The Morgan fingerprint density at radius 3 is 2.50 bits per heavy atom. The van der Waals surface area contributed by atoms with E-state index in [-0.39, 0.29) is 16.4 Å². The molecule has 130 valence electrons. The summed E-state index contributed by atoms with van der Waals surface area (Å²) in [6.07, 6.45) is 2.23. The fourth-order valence-corrected chi connectivity index (χ4v) is 4.60. The minimum Gasteiger partial charge on any atom is -0.449 e. The van der Waals surface area contributed by atoms with E-state index < -0.39 is 10.0 Å². The molecular formula is C17H23N3O3S. The van der Waals surface area contributed by atoms with Gasteiger partial charge in [-0.05, 0) is 24.0 Å². The van der Waals surface area contributed by atoms with Crippen molar-refractivity contribution in [1.29, 1.82) is 0 Å². The zero-order valence-corrected chi connectivity index (χ0v) is 15.0. The summed E-state index contributed by atoms with van der Waals surface area (Å²) < 4.78 is 32.5. The average Bonchev–Trinajstić information content (AvgIpc) is 2.96. The molecule has 6 nitrogen and oxygen atoms in total. The summed E-state index contributed by atoms with van der Waals surface area (Å²) in [6, 6.07) is 6.77. The van der Waals surface area contributed by atoms with Crippen molar-refractivity contribution in [3.05, 3.63) is 36.4 Å². The van der Waals surface area contributed by atoms with Crippen LogP contribution in [0.15, 0.2) is 39.8 Å². The van der Waals surface area contributed by atoms with Crippen LogP contribution in [-0.4, -0.2) is 36.8 Å². The quantitative estimate of drug-likeness (QED) is 0.919. The number of piperidine rings is 1. The van der Waals surface area contributed by atoms with Crippen LogP contribution in [0, 0.1) is 12.3 Å². The molecule has 1 atom stereocenters. The summed E-state index contributed by atoms with van der Waals surface area (Å²) in [4.78, 5) is 4.54. The maximum atomic E-state index is 12.9. The summed E-state index contributed by atoms with van der Waals surface area (Å²) in [6.45, 7) is 6.67. The number of rotatable bonds is 3. The molecule has 3 rings (SSSR count). The lowest BCUT2D eigenvalue weighted by Gasteiger charge is -2.41. The van der Waals surface area contributed by atoms with Crippen LogP contribution < -0.4 is 5.73 Å². The lowest BCUT2D eigenvalue weighted by atomic mass is 9.81. The van der Waals surface area contributed by atoms with Gasteiger partial charge >= 0.3 is 0 Å². The van der Waals surface area contributed by atoms with Gasteiger partial charge in [0.15, 0.2) is 5.89 Å². The molecule has 2 heterocycles. The number of nitrogens with two attached hydrogens (primary N) is 1. The molecule has 2 aromatic rings. The monoisotopic (exact) mass is 349 g/mol. The zero-order chi connectivity index (χ0) is 17.5. The Balaban J connectivity index is 1.85. The van der Waals surface area contributed by atoms with Crippen molar-refractivity contribution in [3.8, 4) is 11.3 Å². The molecule has 24 heavy (non-hydrogen) atoms. The molecule has 1 aromatic carbocycles. The summed E-state index contributed by atoms with van der Waals surface area (Å²) in [5.74, 6) is 0.577. The second-order valence-electron chi connectivity index (χ2n) is 7.00. The van der Waals surface area contributed by atoms with Gasteiger partial charge in [0, 0.05) is 31.6 Å². The molecule has 0 spiro atoms. The fourth-order valence-electron chi connectivity index (χ4n) is 2.97. The topological polar surface area (TPSA) is 89.4 Å². The Morgan fingerprint density at radius 1 is 1.29 bits per heavy atom. The Kier molecular flexibility index (Phi) is 4.27. The van der Waals surface area contributed by atoms with Gasteiger partial charge in [0.25, 0.3) is 0 Å². The number of oxazole rings is 1. The molecule has 0 radical (unpaired) electrons. The lowest BCUT2D eigenvalue weighted by Crippen LogP contribution is -2.53. The van der Waals surface area contributed by atoms with Crippen molar-refractivity contribution in [2.45, 2.75) is 38.1 Å². The van der Waals surface area contributed by atoms with Gasteiger partial charge in [-0.15, -0.1) is 0 Å². The molecule has 0 bridgehead atoms. The molecule has 0 amide bonds. The molecule has 0 saturated carbocycles. The molecular weight excluding hydrogens is 326 g/mol. The normalized spacial score (nSPS) is 21.8. The Bertz CT molecular complexity index is 825. The molecule has 7 heteroatoms. The van der Waals surface area contributed by atoms with Crippen molar-refractivity contribution in [3.63, 3.8) is 0 Å². The minimum absolute atomic E-state index is 0.0155. The molecule has 0 aliphatic carbocycles. The van der Waals surface area contributed by atoms with E-state index in [0.717, 1.165) is 5.56 Å². The van der Waals surface area contributed by atoms with E-state index in [0.29, 0.717) is 31.1 Å². The maximum absolute atomic E-state index is 12.9. The van der Waals surface area contributed by atoms with Crippen LogP contribution in [0.4, 0.5) is 0 Å². The van der Waals surface area contributed by atoms with Gasteiger partial charge in [-0.3, -0.25) is 0 Å². The number of aryl methyl sites for hydroxylation is 1. The number of hydrogen-bond donors (Lipinski definition) is 1. The summed E-state index contributed by atoms with van der Waals surface area (Å²) in [5, 5.41) is 0. The third-order valence-electron chi connectivity index (χ3n) is 4.68. The number of benzene rings is 1. The highest BCUT2D eigenvalue weighted by Crippen LogP contribution is 2.31. The van der Waals surface area contributed by atoms with Gasteiger partial charge in [0.05, 0.1) is 4.90 Å². The summed E-state index contributed by atoms with van der Waals surface area (Å²) in [7, 11) is -3.52. The molecule has 1 aliphatic heterocycles. The van der Waals surface area contributed by atoms with Crippen molar-refractivity contribution in [2.75, 3.05) is 13.1 Å². The van der Waals surface area contributed by atoms with E-state index >= 15 is 0 Å². The number of aromatic nitrogens is 1. The molecule has 1 fully saturated rings. The SMILES string of the molecule is Cc1nc(-c2ccc(S(=O)(=O)N3CCC(N)C(C)(C)C3)cc2)co1. The van der Waals surface area contributed by atoms with Crippen molar-refractivity contribution < 1.29 is 12.8 Å². The van der Waals surface area contributed by atoms with Crippen LogP contribution in [0.2, 0.25) is 0 Å². The van der Waals surface area contributed by atoms with E-state index in [2.05, 4.69) is 4.98 Å². The smallest absolute Gasteiger partial charge is 0.243 e. The predicted molar refractivity (Wildman–Crippen MR) is 91.8 cm³/mol. The lowest BCUT2D eigenvalue weighted by molar-refractivity contribution is 0.155. The molecule has 2 N–H and O–H groups in total. The van der Waals surface area contributed by atoms with Crippen molar-refractivity contribution in [1.82, 2.24) is 9.29 Å².